The van der Waals surface area contributed by atoms with Gasteiger partial charge in [0.2, 0.25) is 0 Å². The first kappa shape index (κ1) is 12.4. The number of carbonyl (C=O) groups excluding carboxylic acids is 2. The highest BCUT2D eigenvalue weighted by molar-refractivity contribution is 6.34. The maximum absolute atomic E-state index is 13.0. The van der Waals surface area contributed by atoms with Crippen molar-refractivity contribution < 1.29 is 14.0 Å². The van der Waals surface area contributed by atoms with E-state index < -0.39 is 0 Å². The molecule has 5 rings (SSSR count). The normalized spacial score (nSPS) is 13.4. The van der Waals surface area contributed by atoms with E-state index in [4.69, 9.17) is 4.42 Å². The van der Waals surface area contributed by atoms with Crippen LogP contribution < -0.4 is 0 Å². The van der Waals surface area contributed by atoms with E-state index in [9.17, 15) is 9.59 Å². The van der Waals surface area contributed by atoms with Crippen molar-refractivity contribution in [2.45, 2.75) is 0 Å². The summed E-state index contributed by atoms with van der Waals surface area (Å²) in [4.78, 5) is 25.8. The maximum atomic E-state index is 13.0. The highest BCUT2D eigenvalue weighted by Gasteiger charge is 2.32. The molecular weight excluding hydrogens is 288 g/mol. The van der Waals surface area contributed by atoms with Crippen LogP contribution in [0.4, 0.5) is 0 Å². The topological polar surface area (TPSA) is 47.3 Å². The van der Waals surface area contributed by atoms with Crippen molar-refractivity contribution in [2.24, 2.45) is 0 Å². The van der Waals surface area contributed by atoms with E-state index in [0.29, 0.717) is 27.8 Å². The van der Waals surface area contributed by atoms with Gasteiger partial charge in [0.25, 0.3) is 0 Å². The Balaban J connectivity index is 1.98. The summed E-state index contributed by atoms with van der Waals surface area (Å²) in [6.45, 7) is 0. The van der Waals surface area contributed by atoms with Gasteiger partial charge in [-0.25, -0.2) is 0 Å². The fourth-order valence-corrected chi connectivity index (χ4v) is 3.40. The average molecular weight is 298 g/mol. The summed E-state index contributed by atoms with van der Waals surface area (Å²) in [6.07, 6.45) is 0. The Kier molecular flexibility index (Phi) is 2.24. The molecule has 0 fully saturated rings. The molecule has 3 nitrogen and oxygen atoms in total. The smallest absolute Gasteiger partial charge is 0.195 e. The van der Waals surface area contributed by atoms with Crippen LogP contribution in [0.3, 0.4) is 0 Å². The number of rotatable bonds is 0. The lowest BCUT2D eigenvalue weighted by Gasteiger charge is -2.17. The van der Waals surface area contributed by atoms with Gasteiger partial charge in [-0.2, -0.15) is 0 Å². The van der Waals surface area contributed by atoms with Gasteiger partial charge in [-0.3, -0.25) is 9.59 Å². The zero-order valence-electron chi connectivity index (χ0n) is 12.0. The number of carbonyl (C=O) groups is 2. The fourth-order valence-electron chi connectivity index (χ4n) is 3.40. The molecule has 1 aliphatic carbocycles. The predicted molar refractivity (Wildman–Crippen MR) is 87.0 cm³/mol. The fraction of sp³-hybridized carbons (Fsp3) is 0. The van der Waals surface area contributed by atoms with E-state index in [0.717, 1.165) is 16.4 Å². The van der Waals surface area contributed by atoms with Crippen LogP contribution in [0.15, 0.2) is 65.1 Å². The monoisotopic (exact) mass is 298 g/mol. The third-order valence-electron chi connectivity index (χ3n) is 4.43. The third-order valence-corrected chi connectivity index (χ3v) is 4.43. The van der Waals surface area contributed by atoms with Gasteiger partial charge in [0.15, 0.2) is 11.6 Å². The first-order valence-corrected chi connectivity index (χ1v) is 7.38. The Bertz CT molecular complexity index is 1150. The summed E-state index contributed by atoms with van der Waals surface area (Å²) >= 11 is 0. The van der Waals surface area contributed by atoms with E-state index in [-0.39, 0.29) is 11.6 Å². The van der Waals surface area contributed by atoms with Gasteiger partial charge in [-0.15, -0.1) is 0 Å². The van der Waals surface area contributed by atoms with Crippen LogP contribution in [0.25, 0.3) is 21.9 Å². The SMILES string of the molecule is O=C1c2ccccc2C(=O)c2c1ccc1oc3ccccc3c21. The van der Waals surface area contributed by atoms with Gasteiger partial charge in [0.05, 0.1) is 0 Å². The van der Waals surface area contributed by atoms with Crippen molar-refractivity contribution in [1.29, 1.82) is 0 Å². The van der Waals surface area contributed by atoms with Crippen LogP contribution in [0.5, 0.6) is 0 Å². The van der Waals surface area contributed by atoms with Crippen LogP contribution >= 0.6 is 0 Å². The van der Waals surface area contributed by atoms with Crippen molar-refractivity contribution in [1.82, 2.24) is 0 Å². The average Bonchev–Trinajstić information content (AvgIpc) is 2.98. The van der Waals surface area contributed by atoms with E-state index in [1.165, 1.54) is 0 Å². The first-order chi connectivity index (χ1) is 11.3. The first-order valence-electron chi connectivity index (χ1n) is 7.38. The molecule has 0 radical (unpaired) electrons. The third kappa shape index (κ3) is 1.48. The van der Waals surface area contributed by atoms with Crippen LogP contribution in [0.2, 0.25) is 0 Å². The molecule has 1 aromatic heterocycles. The van der Waals surface area contributed by atoms with Crippen molar-refractivity contribution in [2.75, 3.05) is 0 Å². The van der Waals surface area contributed by atoms with Crippen LogP contribution in [0, 0.1) is 0 Å². The zero-order chi connectivity index (χ0) is 15.6. The molecule has 4 aromatic rings. The number of furan rings is 1. The van der Waals surface area contributed by atoms with E-state index in [1.807, 2.05) is 24.3 Å². The van der Waals surface area contributed by atoms with E-state index in [1.54, 1.807) is 36.4 Å². The Hall–Kier alpha value is -3.20. The molecule has 0 bridgehead atoms. The number of fused-ring (bicyclic) bond motifs is 6. The predicted octanol–water partition coefficient (Wildman–Crippen LogP) is 4.36. The van der Waals surface area contributed by atoms with E-state index in [2.05, 4.69) is 0 Å². The van der Waals surface area contributed by atoms with Gasteiger partial charge in [0, 0.05) is 33.0 Å². The Morgan fingerprint density at radius 1 is 0.609 bits per heavy atom. The highest BCUT2D eigenvalue weighted by atomic mass is 16.3. The van der Waals surface area contributed by atoms with Gasteiger partial charge in [-0.05, 0) is 18.2 Å². The van der Waals surface area contributed by atoms with Gasteiger partial charge in [-0.1, -0.05) is 42.5 Å². The Labute approximate surface area is 131 Å². The number of ketones is 2. The van der Waals surface area contributed by atoms with Crippen molar-refractivity contribution in [3.63, 3.8) is 0 Å². The molecule has 0 N–H and O–H groups in total. The summed E-state index contributed by atoms with van der Waals surface area (Å²) < 4.78 is 5.83. The highest BCUT2D eigenvalue weighted by Crippen LogP contribution is 2.37. The van der Waals surface area contributed by atoms with Crippen LogP contribution in [-0.2, 0) is 0 Å². The number of hydrogen-bond acceptors (Lipinski definition) is 3. The molecule has 1 heterocycles. The summed E-state index contributed by atoms with van der Waals surface area (Å²) in [7, 11) is 0. The van der Waals surface area contributed by atoms with Gasteiger partial charge >= 0.3 is 0 Å². The zero-order valence-corrected chi connectivity index (χ0v) is 12.0. The molecule has 0 saturated heterocycles. The Morgan fingerprint density at radius 2 is 1.30 bits per heavy atom. The van der Waals surface area contributed by atoms with Gasteiger partial charge < -0.3 is 4.42 Å². The number of benzene rings is 3. The van der Waals surface area contributed by atoms with Crippen LogP contribution in [-0.4, -0.2) is 11.6 Å². The summed E-state index contributed by atoms with van der Waals surface area (Å²) in [5.41, 5.74) is 3.18. The summed E-state index contributed by atoms with van der Waals surface area (Å²) in [5, 5.41) is 1.59. The minimum Gasteiger partial charge on any atom is -0.456 e. The second-order valence-corrected chi connectivity index (χ2v) is 5.66. The molecule has 3 aromatic carbocycles. The summed E-state index contributed by atoms with van der Waals surface area (Å²) in [6, 6.07) is 18.0. The lowest BCUT2D eigenvalue weighted by molar-refractivity contribution is 0.0980. The largest absolute Gasteiger partial charge is 0.456 e. The molecular formula is C20H10O3. The molecule has 1 aliphatic rings. The molecule has 0 aliphatic heterocycles. The van der Waals surface area contributed by atoms with E-state index >= 15 is 0 Å². The Morgan fingerprint density at radius 3 is 2.13 bits per heavy atom. The second-order valence-electron chi connectivity index (χ2n) is 5.66. The van der Waals surface area contributed by atoms with Crippen LogP contribution in [0.1, 0.15) is 31.8 Å². The molecule has 108 valence electrons. The molecule has 0 amide bonds. The van der Waals surface area contributed by atoms with Gasteiger partial charge in [0.1, 0.15) is 11.2 Å². The lowest BCUT2D eigenvalue weighted by atomic mass is 9.82. The molecule has 0 atom stereocenters. The quantitative estimate of drug-likeness (QED) is 0.427. The lowest BCUT2D eigenvalue weighted by Crippen LogP contribution is -2.20. The van der Waals surface area contributed by atoms with Crippen molar-refractivity contribution in [3.8, 4) is 0 Å². The van der Waals surface area contributed by atoms with Crippen molar-refractivity contribution >= 4 is 33.5 Å². The molecule has 3 heteroatoms. The summed E-state index contributed by atoms with van der Waals surface area (Å²) in [5.74, 6) is -0.227. The minimum atomic E-state index is -0.118. The molecule has 0 unspecified atom stereocenters. The molecule has 0 spiro atoms. The second kappa shape index (κ2) is 4.17. The molecule has 23 heavy (non-hydrogen) atoms. The standard InChI is InChI=1S/C20H10O3/c21-19-11-5-1-2-6-12(11)20(22)18-14(19)9-10-16-17(18)13-7-3-4-8-15(13)23-16/h1-10H. The minimum absolute atomic E-state index is 0.109. The maximum Gasteiger partial charge on any atom is 0.195 e. The van der Waals surface area contributed by atoms with Crippen molar-refractivity contribution in [3.05, 3.63) is 82.9 Å². The number of para-hydroxylation sites is 1. The molecule has 0 saturated carbocycles. The number of hydrogen-bond donors (Lipinski definition) is 0.